The smallest absolute Gasteiger partial charge is 0.243 e. The zero-order chi connectivity index (χ0) is 24.1. The molecule has 0 aromatic rings. The summed E-state index contributed by atoms with van der Waals surface area (Å²) in [5, 5.41) is 10.2. The summed E-state index contributed by atoms with van der Waals surface area (Å²) >= 11 is 0. The summed E-state index contributed by atoms with van der Waals surface area (Å²) in [7, 11) is 0. The third kappa shape index (κ3) is 11.1. The van der Waals surface area contributed by atoms with Gasteiger partial charge >= 0.3 is 0 Å². The lowest BCUT2D eigenvalue weighted by Gasteiger charge is -2.28. The summed E-state index contributed by atoms with van der Waals surface area (Å²) in [5.41, 5.74) is 5.44. The average Bonchev–Trinajstić information content (AvgIpc) is 2.75. The van der Waals surface area contributed by atoms with E-state index in [-0.39, 0.29) is 31.3 Å². The van der Waals surface area contributed by atoms with E-state index < -0.39 is 35.7 Å². The maximum absolute atomic E-state index is 12.9. The summed E-state index contributed by atoms with van der Waals surface area (Å²) < 4.78 is 0. The van der Waals surface area contributed by atoms with Gasteiger partial charge in [-0.1, -0.05) is 52.9 Å². The van der Waals surface area contributed by atoms with Crippen molar-refractivity contribution in [2.24, 2.45) is 17.6 Å². The number of hydrogen-bond acceptors (Lipinski definition) is 5. The number of carbonyl (C=O) groups is 5. The highest BCUT2D eigenvalue weighted by molar-refractivity contribution is 5.93. The molecule has 1 saturated carbocycles. The zero-order valence-corrected chi connectivity index (χ0v) is 19.5. The van der Waals surface area contributed by atoms with Crippen LogP contribution >= 0.6 is 0 Å². The summed E-state index contributed by atoms with van der Waals surface area (Å²) in [4.78, 5) is 60.1. The number of amides is 5. The number of nitrogens with one attached hydrogen (secondary N) is 4. The first kappa shape index (κ1) is 27.4. The highest BCUT2D eigenvalue weighted by atomic mass is 16.2. The van der Waals surface area contributed by atoms with Crippen molar-refractivity contribution in [1.29, 1.82) is 0 Å². The van der Waals surface area contributed by atoms with Crippen molar-refractivity contribution in [3.05, 3.63) is 0 Å². The molecule has 1 aliphatic rings. The Labute approximate surface area is 190 Å². The first-order chi connectivity index (χ1) is 15.1. The van der Waals surface area contributed by atoms with E-state index in [4.69, 9.17) is 5.73 Å². The number of primary amides is 1. The molecule has 1 aliphatic carbocycles. The topological polar surface area (TPSA) is 159 Å². The molecule has 10 nitrogen and oxygen atoms in total. The van der Waals surface area contributed by atoms with Gasteiger partial charge in [-0.25, -0.2) is 0 Å². The van der Waals surface area contributed by atoms with E-state index >= 15 is 0 Å². The molecule has 1 fully saturated rings. The molecular formula is C22H39N5O5. The fourth-order valence-corrected chi connectivity index (χ4v) is 3.77. The van der Waals surface area contributed by atoms with E-state index in [0.29, 0.717) is 18.8 Å². The summed E-state index contributed by atoms with van der Waals surface area (Å²) in [6, 6.07) is -1.63. The van der Waals surface area contributed by atoms with E-state index in [2.05, 4.69) is 21.3 Å². The quantitative estimate of drug-likeness (QED) is 0.267. The lowest BCUT2D eigenvalue weighted by atomic mass is 9.84. The van der Waals surface area contributed by atoms with Gasteiger partial charge < -0.3 is 27.0 Å². The molecule has 5 amide bonds. The van der Waals surface area contributed by atoms with Crippen LogP contribution in [0.2, 0.25) is 0 Å². The predicted octanol–water partition coefficient (Wildman–Crippen LogP) is 0.100. The molecule has 0 radical (unpaired) electrons. The van der Waals surface area contributed by atoms with Crippen LogP contribution in [0.25, 0.3) is 0 Å². The van der Waals surface area contributed by atoms with Crippen LogP contribution in [0.15, 0.2) is 0 Å². The van der Waals surface area contributed by atoms with Crippen LogP contribution in [-0.2, 0) is 24.0 Å². The van der Waals surface area contributed by atoms with Crippen LogP contribution in [0.1, 0.15) is 72.1 Å². The molecule has 1 rings (SSSR count). The van der Waals surface area contributed by atoms with Crippen LogP contribution in [0.5, 0.6) is 0 Å². The van der Waals surface area contributed by atoms with Gasteiger partial charge in [-0.15, -0.1) is 0 Å². The van der Waals surface area contributed by atoms with Gasteiger partial charge in [0.05, 0.1) is 13.1 Å². The maximum Gasteiger partial charge on any atom is 0.243 e. The van der Waals surface area contributed by atoms with Crippen molar-refractivity contribution in [2.75, 3.05) is 13.1 Å². The minimum absolute atomic E-state index is 0.155. The molecule has 32 heavy (non-hydrogen) atoms. The van der Waals surface area contributed by atoms with E-state index in [1.807, 2.05) is 13.8 Å². The minimum atomic E-state index is -0.823. The van der Waals surface area contributed by atoms with Gasteiger partial charge in [-0.05, 0) is 24.7 Å². The molecule has 0 heterocycles. The molecule has 0 aromatic heterocycles. The molecule has 2 atom stereocenters. The summed E-state index contributed by atoms with van der Waals surface area (Å²) in [6.07, 6.45) is 6.44. The zero-order valence-electron chi connectivity index (χ0n) is 19.5. The lowest BCUT2D eigenvalue weighted by Crippen LogP contribution is -2.55. The fourth-order valence-electron chi connectivity index (χ4n) is 3.77. The number of hydrogen-bond donors (Lipinski definition) is 5. The van der Waals surface area contributed by atoms with Crippen LogP contribution in [0, 0.1) is 11.8 Å². The van der Waals surface area contributed by atoms with Crippen LogP contribution in [0.3, 0.4) is 0 Å². The van der Waals surface area contributed by atoms with E-state index in [0.717, 1.165) is 25.7 Å². The molecule has 0 saturated heterocycles. The molecular weight excluding hydrogens is 414 g/mol. The van der Waals surface area contributed by atoms with Crippen molar-refractivity contribution < 1.29 is 24.0 Å². The first-order valence-electron chi connectivity index (χ1n) is 11.5. The van der Waals surface area contributed by atoms with Crippen LogP contribution < -0.4 is 27.0 Å². The van der Waals surface area contributed by atoms with Gasteiger partial charge in [0, 0.05) is 6.42 Å². The average molecular weight is 454 g/mol. The van der Waals surface area contributed by atoms with Crippen molar-refractivity contribution in [3.63, 3.8) is 0 Å². The van der Waals surface area contributed by atoms with Gasteiger partial charge in [0.2, 0.25) is 29.5 Å². The Hall–Kier alpha value is -2.65. The Bertz CT molecular complexity index is 661. The standard InChI is InChI=1S/C22H39N5O5/c1-4-18(28)24-12-19(29)25-13-20(30)26-17(11-15-8-6-5-7-9-15)22(32)27-16(21(23)31)10-14(2)3/h14-17H,4-13H2,1-3H3,(H2,23,31)(H,24,28)(H,25,29)(H,26,30)(H,27,32)/t16-,17-/m0/s1. The Kier molecular flexibility index (Phi) is 12.3. The van der Waals surface area contributed by atoms with Crippen molar-refractivity contribution in [1.82, 2.24) is 21.3 Å². The molecule has 0 unspecified atom stereocenters. The lowest BCUT2D eigenvalue weighted by molar-refractivity contribution is -0.132. The Morgan fingerprint density at radius 1 is 0.844 bits per heavy atom. The molecule has 6 N–H and O–H groups in total. The Morgan fingerprint density at radius 2 is 1.44 bits per heavy atom. The fraction of sp³-hybridized carbons (Fsp3) is 0.773. The second kappa shape index (κ2) is 14.4. The van der Waals surface area contributed by atoms with Crippen molar-refractivity contribution in [2.45, 2.75) is 84.2 Å². The van der Waals surface area contributed by atoms with Gasteiger partial charge in [0.25, 0.3) is 0 Å². The monoisotopic (exact) mass is 453 g/mol. The van der Waals surface area contributed by atoms with Crippen molar-refractivity contribution in [3.8, 4) is 0 Å². The number of rotatable bonds is 13. The Balaban J connectivity index is 2.70. The largest absolute Gasteiger partial charge is 0.368 e. The van der Waals surface area contributed by atoms with Crippen LogP contribution in [-0.4, -0.2) is 54.7 Å². The van der Waals surface area contributed by atoms with E-state index in [1.165, 1.54) is 6.42 Å². The molecule has 0 aromatic carbocycles. The number of nitrogens with two attached hydrogens (primary N) is 1. The van der Waals surface area contributed by atoms with Gasteiger partial charge in [0.15, 0.2) is 0 Å². The molecule has 0 bridgehead atoms. The molecule has 0 spiro atoms. The van der Waals surface area contributed by atoms with E-state index in [9.17, 15) is 24.0 Å². The predicted molar refractivity (Wildman–Crippen MR) is 120 cm³/mol. The highest BCUT2D eigenvalue weighted by Gasteiger charge is 2.29. The van der Waals surface area contributed by atoms with Crippen molar-refractivity contribution >= 4 is 29.5 Å². The second-order valence-corrected chi connectivity index (χ2v) is 8.86. The SMILES string of the molecule is CCC(=O)NCC(=O)NCC(=O)N[C@@H](CC1CCCCC1)C(=O)N[C@@H](CC(C)C)C(N)=O. The Morgan fingerprint density at radius 3 is 2.00 bits per heavy atom. The van der Waals surface area contributed by atoms with Crippen LogP contribution in [0.4, 0.5) is 0 Å². The minimum Gasteiger partial charge on any atom is -0.368 e. The first-order valence-corrected chi connectivity index (χ1v) is 11.5. The van der Waals surface area contributed by atoms with Gasteiger partial charge in [-0.2, -0.15) is 0 Å². The maximum atomic E-state index is 12.9. The third-order valence-corrected chi connectivity index (χ3v) is 5.53. The normalized spacial score (nSPS) is 16.0. The highest BCUT2D eigenvalue weighted by Crippen LogP contribution is 2.27. The second-order valence-electron chi connectivity index (χ2n) is 8.86. The summed E-state index contributed by atoms with van der Waals surface area (Å²) in [5.74, 6) is -1.89. The van der Waals surface area contributed by atoms with Gasteiger partial charge in [-0.3, -0.25) is 24.0 Å². The van der Waals surface area contributed by atoms with Gasteiger partial charge in [0.1, 0.15) is 12.1 Å². The summed E-state index contributed by atoms with van der Waals surface area (Å²) in [6.45, 7) is 4.98. The molecule has 10 heteroatoms. The molecule has 0 aliphatic heterocycles. The number of carbonyl (C=O) groups excluding carboxylic acids is 5. The molecule has 182 valence electrons. The van der Waals surface area contributed by atoms with E-state index in [1.54, 1.807) is 6.92 Å². The third-order valence-electron chi connectivity index (χ3n) is 5.53.